The van der Waals surface area contributed by atoms with E-state index in [9.17, 15) is 4.79 Å². The fourth-order valence-corrected chi connectivity index (χ4v) is 3.70. The molecule has 1 aliphatic rings. The molecule has 0 unspecified atom stereocenters. The van der Waals surface area contributed by atoms with E-state index in [1.54, 1.807) is 0 Å². The van der Waals surface area contributed by atoms with Gasteiger partial charge in [-0.1, -0.05) is 39.8 Å². The molecular weight excluding hydrogens is 252 g/mol. The van der Waals surface area contributed by atoms with E-state index in [2.05, 4.69) is 40.4 Å². The molecule has 19 heavy (non-hydrogen) atoms. The van der Waals surface area contributed by atoms with Gasteiger partial charge in [0.05, 0.1) is 6.10 Å². The van der Waals surface area contributed by atoms with Gasteiger partial charge in [0.1, 0.15) is 5.78 Å². The lowest BCUT2D eigenvalue weighted by molar-refractivity contribution is -0.129. The Morgan fingerprint density at radius 3 is 2.32 bits per heavy atom. The van der Waals surface area contributed by atoms with E-state index in [1.807, 2.05) is 13.8 Å². The maximum atomic E-state index is 12.1. The van der Waals surface area contributed by atoms with Gasteiger partial charge in [-0.3, -0.25) is 4.79 Å². The summed E-state index contributed by atoms with van der Waals surface area (Å²) in [7, 11) is -1.81. The Hall–Kier alpha value is -0.413. The monoisotopic (exact) mass is 282 g/mol. The van der Waals surface area contributed by atoms with E-state index in [0.29, 0.717) is 18.1 Å². The average Bonchev–Trinajstić information content (AvgIpc) is 2.22. The van der Waals surface area contributed by atoms with E-state index in [4.69, 9.17) is 4.43 Å². The molecule has 0 N–H and O–H groups in total. The van der Waals surface area contributed by atoms with Crippen molar-refractivity contribution in [1.29, 1.82) is 0 Å². The summed E-state index contributed by atoms with van der Waals surface area (Å²) in [6.07, 6.45) is 1.67. The van der Waals surface area contributed by atoms with Crippen LogP contribution in [0, 0.1) is 11.8 Å². The highest BCUT2D eigenvalue weighted by molar-refractivity contribution is 6.74. The van der Waals surface area contributed by atoms with Crippen LogP contribution in [0.25, 0.3) is 0 Å². The molecule has 110 valence electrons. The van der Waals surface area contributed by atoms with Crippen molar-refractivity contribution in [2.75, 3.05) is 0 Å². The third-order valence-corrected chi connectivity index (χ3v) is 9.48. The number of hydrogen-bond acceptors (Lipinski definition) is 2. The summed E-state index contributed by atoms with van der Waals surface area (Å²) in [5.74, 6) is 0.672. The number of hydrogen-bond donors (Lipinski definition) is 0. The summed E-state index contributed by atoms with van der Waals surface area (Å²) >= 11 is 0. The minimum Gasteiger partial charge on any atom is -0.413 e. The zero-order chi connectivity index (χ0) is 15.0. The first-order valence-electron chi connectivity index (χ1n) is 7.31. The van der Waals surface area contributed by atoms with Gasteiger partial charge in [-0.2, -0.15) is 0 Å². The molecule has 0 aromatic heterocycles. The van der Waals surface area contributed by atoms with Crippen molar-refractivity contribution >= 4 is 14.1 Å². The molecule has 2 nitrogen and oxygen atoms in total. The standard InChI is InChI=1S/C16H30O2Si/c1-11(2)13-9-14(17)12(3)15(10-13)18-19(7,8)16(4,5)6/h12-13,15H,1,9-10H2,2-8H3/t12-,13+,15+/m0/s1. The minimum atomic E-state index is -1.81. The molecule has 1 aliphatic carbocycles. The van der Waals surface area contributed by atoms with Crippen LogP contribution < -0.4 is 0 Å². The molecule has 0 bridgehead atoms. The van der Waals surface area contributed by atoms with Gasteiger partial charge < -0.3 is 4.43 Å². The number of allylic oxidation sites excluding steroid dienone is 1. The van der Waals surface area contributed by atoms with Gasteiger partial charge in [0.2, 0.25) is 0 Å². The molecule has 1 saturated carbocycles. The number of Topliss-reactive ketones (excluding diaryl/α,β-unsaturated/α-hetero) is 1. The van der Waals surface area contributed by atoms with Crippen molar-refractivity contribution in [2.24, 2.45) is 11.8 Å². The fraction of sp³-hybridized carbons (Fsp3) is 0.812. The zero-order valence-corrected chi connectivity index (χ0v) is 14.7. The van der Waals surface area contributed by atoms with E-state index < -0.39 is 8.32 Å². The van der Waals surface area contributed by atoms with E-state index >= 15 is 0 Å². The Bertz CT molecular complexity index is 365. The molecule has 0 aliphatic heterocycles. The maximum Gasteiger partial charge on any atom is 0.192 e. The van der Waals surface area contributed by atoms with Crippen LogP contribution in [0.5, 0.6) is 0 Å². The van der Waals surface area contributed by atoms with Gasteiger partial charge in [-0.25, -0.2) is 0 Å². The minimum absolute atomic E-state index is 0.0322. The first-order chi connectivity index (χ1) is 8.45. The largest absolute Gasteiger partial charge is 0.413 e. The van der Waals surface area contributed by atoms with Crippen LogP contribution in [0.2, 0.25) is 18.1 Å². The molecule has 0 aromatic rings. The Labute approximate surface area is 119 Å². The first kappa shape index (κ1) is 16.6. The van der Waals surface area contributed by atoms with Gasteiger partial charge in [0.25, 0.3) is 0 Å². The van der Waals surface area contributed by atoms with Gasteiger partial charge in [-0.15, -0.1) is 0 Å². The number of carbonyl (C=O) groups is 1. The summed E-state index contributed by atoms with van der Waals surface area (Å²) in [6.45, 7) is 19.3. The Kier molecular flexibility index (Phi) is 4.84. The van der Waals surface area contributed by atoms with E-state index in [1.165, 1.54) is 0 Å². The molecule has 0 radical (unpaired) electrons. The second-order valence-electron chi connectivity index (χ2n) is 7.65. The summed E-state index contributed by atoms with van der Waals surface area (Å²) in [6, 6.07) is 0. The lowest BCUT2D eigenvalue weighted by Crippen LogP contribution is -2.48. The van der Waals surface area contributed by atoms with E-state index in [0.717, 1.165) is 12.0 Å². The fourth-order valence-electron chi connectivity index (χ4n) is 2.28. The van der Waals surface area contributed by atoms with Crippen LogP contribution in [0.15, 0.2) is 12.2 Å². The van der Waals surface area contributed by atoms with E-state index in [-0.39, 0.29) is 17.1 Å². The van der Waals surface area contributed by atoms with Crippen LogP contribution in [-0.2, 0) is 9.22 Å². The highest BCUT2D eigenvalue weighted by atomic mass is 28.4. The van der Waals surface area contributed by atoms with Crippen molar-refractivity contribution in [3.05, 3.63) is 12.2 Å². The molecule has 3 atom stereocenters. The molecule has 3 heteroatoms. The third kappa shape index (κ3) is 3.79. The predicted molar refractivity (Wildman–Crippen MR) is 83.8 cm³/mol. The molecule has 0 spiro atoms. The normalized spacial score (nSPS) is 29.4. The summed E-state index contributed by atoms with van der Waals surface area (Å²) < 4.78 is 6.48. The molecular formula is C16H30O2Si. The quantitative estimate of drug-likeness (QED) is 0.560. The van der Waals surface area contributed by atoms with Crippen molar-refractivity contribution < 1.29 is 9.22 Å². The van der Waals surface area contributed by atoms with Crippen molar-refractivity contribution in [1.82, 2.24) is 0 Å². The van der Waals surface area contributed by atoms with Crippen molar-refractivity contribution in [3.8, 4) is 0 Å². The second kappa shape index (κ2) is 5.53. The maximum absolute atomic E-state index is 12.1. The second-order valence-corrected chi connectivity index (χ2v) is 12.4. The van der Waals surface area contributed by atoms with Gasteiger partial charge in [-0.05, 0) is 37.4 Å². The van der Waals surface area contributed by atoms with Crippen molar-refractivity contribution in [3.63, 3.8) is 0 Å². The summed E-state index contributed by atoms with van der Waals surface area (Å²) in [5.41, 5.74) is 1.11. The topological polar surface area (TPSA) is 26.3 Å². The molecule has 0 saturated heterocycles. The first-order valence-corrected chi connectivity index (χ1v) is 10.2. The predicted octanol–water partition coefficient (Wildman–Crippen LogP) is 4.57. The molecule has 0 aromatic carbocycles. The van der Waals surface area contributed by atoms with Crippen molar-refractivity contribution in [2.45, 2.75) is 71.7 Å². The summed E-state index contributed by atoms with van der Waals surface area (Å²) in [5, 5.41) is 0.186. The Morgan fingerprint density at radius 1 is 1.37 bits per heavy atom. The van der Waals surface area contributed by atoms with Gasteiger partial charge in [0, 0.05) is 12.3 Å². The van der Waals surface area contributed by atoms with Gasteiger partial charge >= 0.3 is 0 Å². The zero-order valence-electron chi connectivity index (χ0n) is 13.7. The summed E-state index contributed by atoms with van der Waals surface area (Å²) in [4.78, 5) is 12.1. The molecule has 0 heterocycles. The van der Waals surface area contributed by atoms with Crippen LogP contribution in [0.1, 0.15) is 47.5 Å². The Balaban J connectivity index is 2.86. The SMILES string of the molecule is C=C(C)[C@@H]1CC(=O)[C@H](C)[C@H](O[Si](C)(C)C(C)(C)C)C1. The Morgan fingerprint density at radius 2 is 1.89 bits per heavy atom. The smallest absolute Gasteiger partial charge is 0.192 e. The number of ketones is 1. The number of carbonyl (C=O) groups excluding carboxylic acids is 1. The molecule has 0 amide bonds. The highest BCUT2D eigenvalue weighted by Gasteiger charge is 2.43. The molecule has 1 fully saturated rings. The lowest BCUT2D eigenvalue weighted by atomic mass is 9.77. The molecule has 1 rings (SSSR count). The third-order valence-electron chi connectivity index (χ3n) is 4.98. The lowest BCUT2D eigenvalue weighted by Gasteiger charge is -2.43. The average molecular weight is 282 g/mol. The van der Waals surface area contributed by atoms with Gasteiger partial charge in [0.15, 0.2) is 8.32 Å². The van der Waals surface area contributed by atoms with Crippen LogP contribution in [0.4, 0.5) is 0 Å². The van der Waals surface area contributed by atoms with Crippen LogP contribution in [-0.4, -0.2) is 20.2 Å². The highest BCUT2D eigenvalue weighted by Crippen LogP contribution is 2.41. The van der Waals surface area contributed by atoms with Crippen LogP contribution in [0.3, 0.4) is 0 Å². The van der Waals surface area contributed by atoms with Crippen LogP contribution >= 0.6 is 0 Å². The number of rotatable bonds is 3.